The lowest BCUT2D eigenvalue weighted by molar-refractivity contribution is -0.122. The molecule has 0 radical (unpaired) electrons. The van der Waals surface area contributed by atoms with E-state index in [2.05, 4.69) is 111 Å². The summed E-state index contributed by atoms with van der Waals surface area (Å²) in [6.45, 7) is 16.1. The average Bonchev–Trinajstić information content (AvgIpc) is 2.94. The van der Waals surface area contributed by atoms with E-state index in [1.807, 2.05) is 6.08 Å². The first-order chi connectivity index (χ1) is 19.0. The second-order valence-corrected chi connectivity index (χ2v) is 11.1. The van der Waals surface area contributed by atoms with Crippen LogP contribution in [0.4, 0.5) is 0 Å². The van der Waals surface area contributed by atoms with Gasteiger partial charge in [0.05, 0.1) is 0 Å². The van der Waals surface area contributed by atoms with Crippen molar-refractivity contribution in [3.63, 3.8) is 0 Å². The summed E-state index contributed by atoms with van der Waals surface area (Å²) in [5.41, 5.74) is 4.07. The Morgan fingerprint density at radius 1 is 1.10 bits per heavy atom. The van der Waals surface area contributed by atoms with Crippen LogP contribution in [-0.2, 0) is 4.79 Å². The van der Waals surface area contributed by atoms with Crippen molar-refractivity contribution in [2.75, 3.05) is 19.6 Å². The van der Waals surface area contributed by atoms with Crippen molar-refractivity contribution in [2.45, 2.75) is 97.4 Å². The molecule has 0 aliphatic carbocycles. The van der Waals surface area contributed by atoms with Crippen molar-refractivity contribution < 1.29 is 4.79 Å². The van der Waals surface area contributed by atoms with Crippen LogP contribution in [0.15, 0.2) is 85.0 Å². The van der Waals surface area contributed by atoms with Gasteiger partial charge < -0.3 is 10.2 Å². The average molecular weight is 531 g/mol. The molecule has 1 N–H and O–H groups in total. The molecular weight excluding hydrogens is 476 g/mol. The Hall–Kier alpha value is -2.65. The summed E-state index contributed by atoms with van der Waals surface area (Å²) in [4.78, 5) is 15.0. The number of piperidine rings is 1. The zero-order valence-electron chi connectivity index (χ0n) is 25.2. The second-order valence-electron chi connectivity index (χ2n) is 11.1. The van der Waals surface area contributed by atoms with Gasteiger partial charge in [0.15, 0.2) is 0 Å². The van der Waals surface area contributed by atoms with Gasteiger partial charge in [-0.2, -0.15) is 0 Å². The van der Waals surface area contributed by atoms with E-state index < -0.39 is 0 Å². The van der Waals surface area contributed by atoms with Crippen molar-refractivity contribution in [1.29, 1.82) is 0 Å². The van der Waals surface area contributed by atoms with Crippen LogP contribution < -0.4 is 5.32 Å². The topological polar surface area (TPSA) is 32.3 Å². The van der Waals surface area contributed by atoms with Gasteiger partial charge in [-0.25, -0.2) is 0 Å². The number of rotatable bonds is 17. The summed E-state index contributed by atoms with van der Waals surface area (Å²) in [6.07, 6.45) is 26.5. The molecule has 1 aromatic rings. The van der Waals surface area contributed by atoms with E-state index >= 15 is 0 Å². The zero-order valence-corrected chi connectivity index (χ0v) is 25.2. The Bertz CT molecular complexity index is 962. The molecule has 214 valence electrons. The summed E-state index contributed by atoms with van der Waals surface area (Å²) in [7, 11) is 0. The van der Waals surface area contributed by atoms with E-state index in [0.29, 0.717) is 24.3 Å². The number of unbranched alkanes of at least 4 members (excludes halogenated alkanes) is 1. The fraction of sp³-hybridized carbons (Fsp3) is 0.528. The first-order valence-electron chi connectivity index (χ1n) is 15.3. The normalized spacial score (nSPS) is 17.3. The third-order valence-electron chi connectivity index (χ3n) is 7.84. The molecule has 2 unspecified atom stereocenters. The maximum atomic E-state index is 12.5. The number of likely N-dealkylation sites (tertiary alicyclic amines) is 1. The van der Waals surface area contributed by atoms with E-state index in [4.69, 9.17) is 0 Å². The standard InChI is InChI=1S/C36H54N2O/c1-6-9-11-12-18-30(4)19-17-24-36(39)37-33-25-28-38(29-26-33)27-16-15-23-35(32(8-3)21-10-7-2)34-22-14-13-20-31(34)5/h7-14,18,20-22,30,33,35H,3,6,15-17,19,23-29H2,1-2,4-5H3,(H,37,39)/b10-7-,11-9-,18-12-,32-21+. The van der Waals surface area contributed by atoms with Crippen molar-refractivity contribution in [3.05, 3.63) is 96.2 Å². The van der Waals surface area contributed by atoms with Crippen molar-refractivity contribution >= 4 is 5.91 Å². The van der Waals surface area contributed by atoms with Crippen LogP contribution in [0.3, 0.4) is 0 Å². The molecule has 1 saturated heterocycles. The molecule has 0 aromatic heterocycles. The lowest BCUT2D eigenvalue weighted by Gasteiger charge is -2.32. The molecule has 1 amide bonds. The number of carbonyl (C=O) groups is 1. The van der Waals surface area contributed by atoms with Crippen LogP contribution in [0, 0.1) is 12.8 Å². The highest BCUT2D eigenvalue weighted by atomic mass is 16.1. The third-order valence-corrected chi connectivity index (χ3v) is 7.84. The van der Waals surface area contributed by atoms with E-state index in [1.54, 1.807) is 0 Å². The van der Waals surface area contributed by atoms with Gasteiger partial charge in [0, 0.05) is 31.5 Å². The molecule has 0 saturated carbocycles. The van der Waals surface area contributed by atoms with Gasteiger partial charge in [0.25, 0.3) is 0 Å². The number of nitrogens with zero attached hydrogens (tertiary/aromatic N) is 1. The van der Waals surface area contributed by atoms with Gasteiger partial charge in [0.2, 0.25) is 5.91 Å². The fourth-order valence-corrected chi connectivity index (χ4v) is 5.45. The minimum atomic E-state index is 0.224. The molecule has 1 aliphatic heterocycles. The predicted molar refractivity (Wildman–Crippen MR) is 170 cm³/mol. The molecule has 1 aromatic carbocycles. The molecule has 0 spiro atoms. The number of allylic oxidation sites excluding steroid dienone is 9. The first kappa shape index (κ1) is 32.6. The van der Waals surface area contributed by atoms with Gasteiger partial charge in [-0.1, -0.05) is 99.7 Å². The fourth-order valence-electron chi connectivity index (χ4n) is 5.45. The molecular formula is C36H54N2O. The van der Waals surface area contributed by atoms with Gasteiger partial charge in [-0.15, -0.1) is 0 Å². The molecule has 2 atom stereocenters. The highest BCUT2D eigenvalue weighted by molar-refractivity contribution is 5.76. The predicted octanol–water partition coefficient (Wildman–Crippen LogP) is 8.85. The Labute approximate surface area is 239 Å². The Morgan fingerprint density at radius 2 is 1.87 bits per heavy atom. The molecule has 3 nitrogen and oxygen atoms in total. The lowest BCUT2D eigenvalue weighted by atomic mass is 9.84. The summed E-state index contributed by atoms with van der Waals surface area (Å²) < 4.78 is 0. The molecule has 2 rings (SSSR count). The maximum Gasteiger partial charge on any atom is 0.220 e. The number of aryl methyl sites for hydroxylation is 1. The van der Waals surface area contributed by atoms with Crippen molar-refractivity contribution in [1.82, 2.24) is 10.2 Å². The SMILES string of the molecule is C=C/C(=C\C=C/C)C(CCCCN1CCC(NC(=O)CCCC(C)/C=C\C=C/CC)CC1)c1ccccc1C. The number of amides is 1. The van der Waals surface area contributed by atoms with Gasteiger partial charge in [-0.05, 0) is 88.0 Å². The summed E-state index contributed by atoms with van der Waals surface area (Å²) >= 11 is 0. The molecule has 1 aliphatic rings. The van der Waals surface area contributed by atoms with Crippen LogP contribution in [0.2, 0.25) is 0 Å². The lowest BCUT2D eigenvalue weighted by Crippen LogP contribution is -2.44. The van der Waals surface area contributed by atoms with Crippen molar-refractivity contribution in [2.24, 2.45) is 5.92 Å². The van der Waals surface area contributed by atoms with Crippen LogP contribution >= 0.6 is 0 Å². The Morgan fingerprint density at radius 3 is 2.56 bits per heavy atom. The zero-order chi connectivity index (χ0) is 28.3. The molecule has 1 heterocycles. The van der Waals surface area contributed by atoms with Crippen LogP contribution in [-0.4, -0.2) is 36.5 Å². The Balaban J connectivity index is 1.70. The molecule has 39 heavy (non-hydrogen) atoms. The molecule has 0 bridgehead atoms. The van der Waals surface area contributed by atoms with Gasteiger partial charge in [-0.3, -0.25) is 4.79 Å². The maximum absolute atomic E-state index is 12.5. The summed E-state index contributed by atoms with van der Waals surface area (Å²) in [6, 6.07) is 9.10. The highest BCUT2D eigenvalue weighted by Crippen LogP contribution is 2.32. The quantitative estimate of drug-likeness (QED) is 0.161. The minimum Gasteiger partial charge on any atom is -0.353 e. The number of hydrogen-bond acceptors (Lipinski definition) is 2. The third kappa shape index (κ3) is 12.8. The number of nitrogens with one attached hydrogen (secondary N) is 1. The highest BCUT2D eigenvalue weighted by Gasteiger charge is 2.21. The molecule has 1 fully saturated rings. The Kier molecular flexibility index (Phi) is 16.2. The molecule has 3 heteroatoms. The van der Waals surface area contributed by atoms with E-state index in [9.17, 15) is 4.79 Å². The number of hydrogen-bond donors (Lipinski definition) is 1. The largest absolute Gasteiger partial charge is 0.353 e. The van der Waals surface area contributed by atoms with Gasteiger partial charge >= 0.3 is 0 Å². The first-order valence-corrected chi connectivity index (χ1v) is 15.3. The van der Waals surface area contributed by atoms with Crippen LogP contribution in [0.1, 0.15) is 95.6 Å². The van der Waals surface area contributed by atoms with Crippen LogP contribution in [0.25, 0.3) is 0 Å². The number of benzene rings is 1. The monoisotopic (exact) mass is 530 g/mol. The van der Waals surface area contributed by atoms with Gasteiger partial charge in [0.1, 0.15) is 0 Å². The van der Waals surface area contributed by atoms with Crippen molar-refractivity contribution in [3.8, 4) is 0 Å². The minimum absolute atomic E-state index is 0.224. The van der Waals surface area contributed by atoms with E-state index in [1.165, 1.54) is 29.5 Å². The van der Waals surface area contributed by atoms with E-state index in [0.717, 1.165) is 58.2 Å². The summed E-state index contributed by atoms with van der Waals surface area (Å²) in [5, 5.41) is 3.30. The smallest absolute Gasteiger partial charge is 0.220 e. The van der Waals surface area contributed by atoms with Crippen LogP contribution in [0.5, 0.6) is 0 Å². The number of carbonyl (C=O) groups excluding carboxylic acids is 1. The second kappa shape index (κ2) is 19.4. The summed E-state index contributed by atoms with van der Waals surface area (Å²) in [5.74, 6) is 1.13. The van der Waals surface area contributed by atoms with E-state index in [-0.39, 0.29) is 5.91 Å².